The summed E-state index contributed by atoms with van der Waals surface area (Å²) in [5.41, 5.74) is 2.44. The fourth-order valence-electron chi connectivity index (χ4n) is 6.71. The number of H-pyrrole nitrogens is 2. The predicted molar refractivity (Wildman–Crippen MR) is 237 cm³/mol. The van der Waals surface area contributed by atoms with Crippen LogP contribution in [-0.4, -0.2) is 94.1 Å². The summed E-state index contributed by atoms with van der Waals surface area (Å²) in [6.45, 7) is 10.9. The zero-order valence-corrected chi connectivity index (χ0v) is 36.5. The van der Waals surface area contributed by atoms with Gasteiger partial charge in [0.1, 0.15) is 24.1 Å². The van der Waals surface area contributed by atoms with Crippen LogP contribution in [0.3, 0.4) is 0 Å². The molecule has 0 aliphatic carbocycles. The molecule has 5 aromatic rings. The van der Waals surface area contributed by atoms with Gasteiger partial charge in [-0.25, -0.2) is 19.4 Å². The Bertz CT molecular complexity index is 2180. The Labute approximate surface area is 359 Å². The number of unbranched alkanes of at least 4 members (excludes halogenated alkanes) is 1. The number of nitrogens with one attached hydrogen (secondary N) is 5. The molecule has 0 bridgehead atoms. The number of likely N-dealkylation sites (N-methyl/N-ethyl adjacent to an activating group) is 1. The van der Waals surface area contributed by atoms with Gasteiger partial charge < -0.3 is 45.2 Å². The maximum atomic E-state index is 14.2. The maximum Gasteiger partial charge on any atom is 0.407 e. The second kappa shape index (κ2) is 21.4. The van der Waals surface area contributed by atoms with E-state index in [0.29, 0.717) is 57.0 Å². The molecule has 0 saturated heterocycles. The number of aromatic nitrogens is 3. The number of para-hydroxylation sites is 1. The van der Waals surface area contributed by atoms with Crippen LogP contribution in [0.4, 0.5) is 9.59 Å². The lowest BCUT2D eigenvalue weighted by molar-refractivity contribution is -0.159. The van der Waals surface area contributed by atoms with Gasteiger partial charge in [0, 0.05) is 61.6 Å². The van der Waals surface area contributed by atoms with Gasteiger partial charge in [-0.1, -0.05) is 78.9 Å². The van der Waals surface area contributed by atoms with E-state index in [1.165, 1.54) is 0 Å². The molecule has 0 radical (unpaired) electrons. The van der Waals surface area contributed by atoms with E-state index >= 15 is 0 Å². The molecule has 3 aromatic carbocycles. The molecule has 4 amide bonds. The third kappa shape index (κ3) is 14.0. The van der Waals surface area contributed by atoms with Gasteiger partial charge in [0.05, 0.1) is 11.5 Å². The average Bonchev–Trinajstić information content (AvgIpc) is 3.89. The Hall–Kier alpha value is -6.15. The second-order valence-corrected chi connectivity index (χ2v) is 17.1. The number of nitrogens with zero attached hydrogens (tertiary/aromatic N) is 3. The molecule has 2 heterocycles. The summed E-state index contributed by atoms with van der Waals surface area (Å²) in [4.78, 5) is 69.3. The molecule has 0 aliphatic rings. The Balaban J connectivity index is 1.29. The van der Waals surface area contributed by atoms with Crippen LogP contribution >= 0.6 is 0 Å². The summed E-state index contributed by atoms with van der Waals surface area (Å²) in [5, 5.41) is 9.99. The van der Waals surface area contributed by atoms with Crippen LogP contribution in [0.5, 0.6) is 0 Å². The topological polar surface area (TPSA) is 174 Å². The summed E-state index contributed by atoms with van der Waals surface area (Å²) in [7, 11) is 3.95. The summed E-state index contributed by atoms with van der Waals surface area (Å²) < 4.78 is 11.0. The maximum absolute atomic E-state index is 14.2. The molecule has 14 heteroatoms. The number of amides is 4. The van der Waals surface area contributed by atoms with Crippen LogP contribution in [0, 0.1) is 0 Å². The third-order valence-electron chi connectivity index (χ3n) is 10.3. The molecule has 0 aliphatic heterocycles. The van der Waals surface area contributed by atoms with E-state index < -0.39 is 41.1 Å². The largest absolute Gasteiger partial charge is 0.458 e. The third-order valence-corrected chi connectivity index (χ3v) is 10.3. The van der Waals surface area contributed by atoms with Crippen LogP contribution in [0.15, 0.2) is 97.3 Å². The molecule has 2 atom stereocenters. The smallest absolute Gasteiger partial charge is 0.407 e. The number of hydrogen-bond acceptors (Lipinski definition) is 8. The average molecular weight is 835 g/mol. The first-order chi connectivity index (χ1) is 29.1. The highest BCUT2D eigenvalue weighted by Gasteiger charge is 2.36. The zero-order valence-electron chi connectivity index (χ0n) is 36.5. The van der Waals surface area contributed by atoms with Crippen molar-refractivity contribution >= 4 is 34.9 Å². The Morgan fingerprint density at radius 1 is 0.820 bits per heavy atom. The molecule has 326 valence electrons. The summed E-state index contributed by atoms with van der Waals surface area (Å²) in [6, 6.07) is 25.5. The number of fused-ring (bicyclic) bond motifs is 1. The molecule has 14 nitrogen and oxygen atoms in total. The van der Waals surface area contributed by atoms with Crippen molar-refractivity contribution in [2.75, 3.05) is 33.7 Å². The Morgan fingerprint density at radius 3 is 2.18 bits per heavy atom. The summed E-state index contributed by atoms with van der Waals surface area (Å²) >= 11 is 0. The van der Waals surface area contributed by atoms with E-state index in [0.717, 1.165) is 27.6 Å². The summed E-state index contributed by atoms with van der Waals surface area (Å²) in [5.74, 6) is -0.468. The van der Waals surface area contributed by atoms with E-state index in [-0.39, 0.29) is 19.1 Å². The van der Waals surface area contributed by atoms with Crippen LogP contribution < -0.4 is 16.0 Å². The molecule has 0 fully saturated rings. The molecule has 61 heavy (non-hydrogen) atoms. The van der Waals surface area contributed by atoms with Crippen molar-refractivity contribution in [3.63, 3.8) is 0 Å². The number of carbonyl (C=O) groups excluding carboxylic acids is 4. The lowest BCUT2D eigenvalue weighted by Crippen LogP contribution is -2.50. The van der Waals surface area contributed by atoms with E-state index in [9.17, 15) is 19.2 Å². The Kier molecular flexibility index (Phi) is 16.1. The normalized spacial score (nSPS) is 12.7. The SMILES string of the molecule is CN(C)CCN(Cc1ccccc1)C(=O)N[C@H](Cc1c[nH]c2ccccc12)c1ncc(C(C)(C)C(=O)N[C@H](CCCCNC(=O)OCc2ccccc2)C(=O)OC(C)(C)C)[nH]1. The van der Waals surface area contributed by atoms with Gasteiger partial charge in [0.2, 0.25) is 5.91 Å². The number of esters is 1. The van der Waals surface area contributed by atoms with Crippen molar-refractivity contribution in [3.05, 3.63) is 126 Å². The molecular weight excluding hydrogens is 773 g/mol. The number of benzene rings is 3. The summed E-state index contributed by atoms with van der Waals surface area (Å²) in [6.07, 6.45) is 4.80. The first kappa shape index (κ1) is 45.9. The minimum Gasteiger partial charge on any atom is -0.458 e. The highest BCUT2D eigenvalue weighted by molar-refractivity contribution is 5.91. The van der Waals surface area contributed by atoms with Gasteiger partial charge >= 0.3 is 18.1 Å². The molecule has 0 spiro atoms. The van der Waals surface area contributed by atoms with Gasteiger partial charge in [-0.3, -0.25) is 4.79 Å². The minimum absolute atomic E-state index is 0.164. The van der Waals surface area contributed by atoms with Gasteiger partial charge in [-0.05, 0) is 90.7 Å². The number of urea groups is 1. The van der Waals surface area contributed by atoms with E-state index in [1.807, 2.05) is 110 Å². The molecule has 0 unspecified atom stereocenters. The number of carbonyl (C=O) groups is 4. The van der Waals surface area contributed by atoms with Crippen molar-refractivity contribution in [2.45, 2.75) is 96.6 Å². The number of ether oxygens (including phenoxy) is 2. The zero-order chi connectivity index (χ0) is 44.0. The molecule has 0 saturated carbocycles. The fourth-order valence-corrected chi connectivity index (χ4v) is 6.71. The van der Waals surface area contributed by atoms with E-state index in [4.69, 9.17) is 14.5 Å². The number of alkyl carbamates (subject to hydrolysis) is 1. The Morgan fingerprint density at radius 2 is 1.49 bits per heavy atom. The van der Waals surface area contributed by atoms with Crippen LogP contribution in [0.1, 0.15) is 88.1 Å². The van der Waals surface area contributed by atoms with Crippen LogP contribution in [-0.2, 0) is 44.1 Å². The van der Waals surface area contributed by atoms with E-state index in [1.54, 1.807) is 45.7 Å². The number of rotatable bonds is 20. The van der Waals surface area contributed by atoms with Crippen LogP contribution in [0.25, 0.3) is 10.9 Å². The molecule has 5 N–H and O–H groups in total. The van der Waals surface area contributed by atoms with Crippen molar-refractivity contribution in [1.29, 1.82) is 0 Å². The standard InChI is InChI=1S/C47H62N8O6/c1-46(2,3)61-42(56)38(24-16-17-25-48-45(59)60-32-34-20-12-9-13-21-34)51-43(57)47(4,5)40-30-50-41(53-40)39(28-35-29-49-37-23-15-14-22-36(35)37)52-44(58)55(27-26-54(6)7)31-33-18-10-8-11-19-33/h8-15,18-23,29-30,38-39,49H,16-17,24-28,31-32H2,1-7H3,(H,48,59)(H,50,53)(H,51,57)(H,52,58)/t38-,39-/m1/s1. The van der Waals surface area contributed by atoms with Crippen LogP contribution in [0.2, 0.25) is 0 Å². The lowest BCUT2D eigenvalue weighted by atomic mass is 9.88. The van der Waals surface area contributed by atoms with Gasteiger partial charge in [0.15, 0.2) is 0 Å². The number of imidazole rings is 1. The second-order valence-electron chi connectivity index (χ2n) is 17.1. The van der Waals surface area contributed by atoms with Crippen molar-refractivity contribution < 1.29 is 28.7 Å². The fraction of sp³-hybridized carbons (Fsp3) is 0.426. The van der Waals surface area contributed by atoms with Gasteiger partial charge in [-0.2, -0.15) is 0 Å². The molecular formula is C47H62N8O6. The number of hydrogen-bond donors (Lipinski definition) is 5. The van der Waals surface area contributed by atoms with Gasteiger partial charge in [-0.15, -0.1) is 0 Å². The van der Waals surface area contributed by atoms with Gasteiger partial charge in [0.25, 0.3) is 0 Å². The lowest BCUT2D eigenvalue weighted by Gasteiger charge is -2.28. The first-order valence-electron chi connectivity index (χ1n) is 20.9. The highest BCUT2D eigenvalue weighted by atomic mass is 16.6. The predicted octanol–water partition coefficient (Wildman–Crippen LogP) is 7.15. The molecule has 2 aromatic heterocycles. The monoisotopic (exact) mass is 834 g/mol. The highest BCUT2D eigenvalue weighted by Crippen LogP contribution is 2.28. The van der Waals surface area contributed by atoms with Crippen molar-refractivity contribution in [2.24, 2.45) is 0 Å². The molecule has 5 rings (SSSR count). The van der Waals surface area contributed by atoms with E-state index in [2.05, 4.69) is 25.9 Å². The first-order valence-corrected chi connectivity index (χ1v) is 20.9. The van der Waals surface area contributed by atoms with Crippen molar-refractivity contribution in [1.82, 2.24) is 40.7 Å². The number of aromatic amines is 2. The van der Waals surface area contributed by atoms with Crippen molar-refractivity contribution in [3.8, 4) is 0 Å². The minimum atomic E-state index is -1.17. The quantitative estimate of drug-likeness (QED) is 0.0406.